The first-order chi connectivity index (χ1) is 9.43. The van der Waals surface area contributed by atoms with Gasteiger partial charge in [0.1, 0.15) is 5.75 Å². The number of nitro groups is 1. The van der Waals surface area contributed by atoms with Crippen LogP contribution in [-0.2, 0) is 9.59 Å². The Balaban J connectivity index is 2.35. The molecule has 1 atom stereocenters. The van der Waals surface area contributed by atoms with Crippen LogP contribution in [0, 0.1) is 16.0 Å². The van der Waals surface area contributed by atoms with Crippen LogP contribution in [0.5, 0.6) is 5.75 Å². The molecule has 0 spiro atoms. The number of methoxy groups -OCH3 is 1. The number of ether oxygens (including phenoxy) is 1. The molecule has 1 unspecified atom stereocenters. The molecular formula is C12H13N3O5. The van der Waals surface area contributed by atoms with Crippen molar-refractivity contribution in [1.82, 2.24) is 0 Å². The summed E-state index contributed by atoms with van der Waals surface area (Å²) in [6.07, 6.45) is 0.0372. The lowest BCUT2D eigenvalue weighted by Crippen LogP contribution is -2.28. The zero-order valence-electron chi connectivity index (χ0n) is 10.7. The maximum atomic E-state index is 11.9. The van der Waals surface area contributed by atoms with E-state index in [0.717, 1.165) is 0 Å². The lowest BCUT2D eigenvalue weighted by atomic mass is 10.1. The Hall–Kier alpha value is -2.64. The number of benzene rings is 1. The van der Waals surface area contributed by atoms with E-state index in [-0.39, 0.29) is 30.3 Å². The van der Waals surface area contributed by atoms with E-state index in [2.05, 4.69) is 0 Å². The molecular weight excluding hydrogens is 266 g/mol. The number of anilines is 1. The highest BCUT2D eigenvalue weighted by Gasteiger charge is 2.35. The Labute approximate surface area is 114 Å². The second-order valence-corrected chi connectivity index (χ2v) is 4.42. The Bertz CT molecular complexity index is 586. The number of nitrogens with two attached hydrogens (primary N) is 1. The summed E-state index contributed by atoms with van der Waals surface area (Å²) in [5, 5.41) is 10.7. The first-order valence-electron chi connectivity index (χ1n) is 5.86. The van der Waals surface area contributed by atoms with Gasteiger partial charge in [0.2, 0.25) is 11.8 Å². The Morgan fingerprint density at radius 3 is 2.75 bits per heavy atom. The van der Waals surface area contributed by atoms with Crippen molar-refractivity contribution < 1.29 is 19.2 Å². The average Bonchev–Trinajstić information content (AvgIpc) is 2.80. The molecule has 2 amide bonds. The van der Waals surface area contributed by atoms with Crippen LogP contribution in [0.2, 0.25) is 0 Å². The highest BCUT2D eigenvalue weighted by Crippen LogP contribution is 2.35. The molecule has 1 aromatic rings. The molecule has 8 heteroatoms. The van der Waals surface area contributed by atoms with Crippen LogP contribution in [0.3, 0.4) is 0 Å². The summed E-state index contributed by atoms with van der Waals surface area (Å²) in [7, 11) is 1.36. The van der Waals surface area contributed by atoms with Gasteiger partial charge in [-0.15, -0.1) is 0 Å². The molecule has 8 nitrogen and oxygen atoms in total. The molecule has 1 heterocycles. The van der Waals surface area contributed by atoms with Crippen LogP contribution in [0.1, 0.15) is 6.42 Å². The maximum absolute atomic E-state index is 11.9. The zero-order chi connectivity index (χ0) is 14.9. The predicted octanol–water partition coefficient (Wildman–Crippen LogP) is 0.442. The molecule has 1 saturated heterocycles. The van der Waals surface area contributed by atoms with E-state index in [4.69, 9.17) is 10.5 Å². The molecule has 0 bridgehead atoms. The van der Waals surface area contributed by atoms with Crippen LogP contribution >= 0.6 is 0 Å². The van der Waals surface area contributed by atoms with Crippen molar-refractivity contribution in [2.45, 2.75) is 6.42 Å². The molecule has 0 saturated carbocycles. The number of hydrogen-bond acceptors (Lipinski definition) is 5. The molecule has 1 fully saturated rings. The second-order valence-electron chi connectivity index (χ2n) is 4.42. The van der Waals surface area contributed by atoms with Gasteiger partial charge in [-0.3, -0.25) is 19.7 Å². The van der Waals surface area contributed by atoms with Crippen molar-refractivity contribution in [2.75, 3.05) is 18.6 Å². The highest BCUT2D eigenvalue weighted by molar-refractivity contribution is 6.01. The van der Waals surface area contributed by atoms with Crippen molar-refractivity contribution in [1.29, 1.82) is 0 Å². The number of nitro benzene ring substituents is 1. The van der Waals surface area contributed by atoms with Crippen molar-refractivity contribution in [3.8, 4) is 5.75 Å². The van der Waals surface area contributed by atoms with E-state index >= 15 is 0 Å². The first-order valence-corrected chi connectivity index (χ1v) is 5.86. The van der Waals surface area contributed by atoms with Gasteiger partial charge in [-0.2, -0.15) is 0 Å². The summed E-state index contributed by atoms with van der Waals surface area (Å²) in [6, 6.07) is 3.95. The molecule has 1 aliphatic heterocycles. The maximum Gasteiger partial charge on any atom is 0.273 e. The fraction of sp³-hybridized carbons (Fsp3) is 0.333. The molecule has 2 N–H and O–H groups in total. The van der Waals surface area contributed by atoms with Gasteiger partial charge in [-0.25, -0.2) is 0 Å². The van der Waals surface area contributed by atoms with Gasteiger partial charge in [0.25, 0.3) is 5.69 Å². The summed E-state index contributed by atoms with van der Waals surface area (Å²) < 4.78 is 5.08. The van der Waals surface area contributed by atoms with Crippen LogP contribution in [0.4, 0.5) is 11.4 Å². The molecule has 106 valence electrons. The second kappa shape index (κ2) is 5.16. The van der Waals surface area contributed by atoms with Gasteiger partial charge in [0.05, 0.1) is 29.7 Å². The van der Waals surface area contributed by atoms with E-state index in [0.29, 0.717) is 5.69 Å². The van der Waals surface area contributed by atoms with E-state index in [9.17, 15) is 19.7 Å². The Morgan fingerprint density at radius 1 is 1.55 bits per heavy atom. The van der Waals surface area contributed by atoms with Gasteiger partial charge in [-0.05, 0) is 6.07 Å². The molecule has 0 aliphatic carbocycles. The Morgan fingerprint density at radius 2 is 2.25 bits per heavy atom. The van der Waals surface area contributed by atoms with Crippen molar-refractivity contribution in [3.05, 3.63) is 28.3 Å². The van der Waals surface area contributed by atoms with Crippen LogP contribution in [0.15, 0.2) is 18.2 Å². The molecule has 1 aromatic carbocycles. The molecule has 0 radical (unpaired) electrons. The van der Waals surface area contributed by atoms with Crippen LogP contribution in [-0.4, -0.2) is 30.4 Å². The van der Waals surface area contributed by atoms with Crippen molar-refractivity contribution >= 4 is 23.2 Å². The summed E-state index contributed by atoms with van der Waals surface area (Å²) in [5.74, 6) is -1.15. The number of rotatable bonds is 4. The summed E-state index contributed by atoms with van der Waals surface area (Å²) >= 11 is 0. The van der Waals surface area contributed by atoms with Gasteiger partial charge in [0.15, 0.2) is 0 Å². The number of hydrogen-bond donors (Lipinski definition) is 1. The summed E-state index contributed by atoms with van der Waals surface area (Å²) in [5.41, 5.74) is 5.46. The monoisotopic (exact) mass is 279 g/mol. The smallest absolute Gasteiger partial charge is 0.273 e. The summed E-state index contributed by atoms with van der Waals surface area (Å²) in [6.45, 7) is 0.155. The van der Waals surface area contributed by atoms with Gasteiger partial charge in [-0.1, -0.05) is 0 Å². The van der Waals surface area contributed by atoms with Gasteiger partial charge in [0, 0.05) is 19.0 Å². The standard InChI is InChI=1S/C12H13N3O5/c1-20-10-5-8(15(18)19)2-3-9(10)14-6-7(12(13)17)4-11(14)16/h2-3,5,7H,4,6H2,1H3,(H2,13,17). The van der Waals surface area contributed by atoms with Crippen LogP contribution < -0.4 is 15.4 Å². The van der Waals surface area contributed by atoms with E-state index < -0.39 is 16.7 Å². The number of carbonyl (C=O) groups excluding carboxylic acids is 2. The lowest BCUT2D eigenvalue weighted by molar-refractivity contribution is -0.384. The predicted molar refractivity (Wildman–Crippen MR) is 69.3 cm³/mol. The minimum Gasteiger partial charge on any atom is -0.494 e. The largest absolute Gasteiger partial charge is 0.494 e. The van der Waals surface area contributed by atoms with Crippen molar-refractivity contribution in [2.24, 2.45) is 11.7 Å². The minimum atomic E-state index is -0.553. The fourth-order valence-corrected chi connectivity index (χ4v) is 2.13. The number of amides is 2. The average molecular weight is 279 g/mol. The molecule has 20 heavy (non-hydrogen) atoms. The Kier molecular flexibility index (Phi) is 3.55. The number of carbonyl (C=O) groups is 2. The third kappa shape index (κ3) is 2.40. The number of nitrogens with zero attached hydrogens (tertiary/aromatic N) is 2. The van der Waals surface area contributed by atoms with Gasteiger partial charge >= 0.3 is 0 Å². The lowest BCUT2D eigenvalue weighted by Gasteiger charge is -2.19. The summed E-state index contributed by atoms with van der Waals surface area (Å²) in [4.78, 5) is 34.6. The first kappa shape index (κ1) is 13.8. The third-order valence-electron chi connectivity index (χ3n) is 3.19. The highest BCUT2D eigenvalue weighted by atomic mass is 16.6. The number of non-ortho nitro benzene ring substituents is 1. The molecule has 1 aliphatic rings. The SMILES string of the molecule is COc1cc([N+](=O)[O-])ccc1N1CC(C(N)=O)CC1=O. The topological polar surface area (TPSA) is 116 Å². The van der Waals surface area contributed by atoms with E-state index in [1.165, 1.54) is 30.2 Å². The third-order valence-corrected chi connectivity index (χ3v) is 3.19. The quantitative estimate of drug-likeness (QED) is 0.634. The van der Waals surface area contributed by atoms with E-state index in [1.54, 1.807) is 0 Å². The minimum absolute atomic E-state index is 0.0372. The normalized spacial score (nSPS) is 18.1. The van der Waals surface area contributed by atoms with Gasteiger partial charge < -0.3 is 15.4 Å². The fourth-order valence-electron chi connectivity index (χ4n) is 2.13. The molecule has 0 aromatic heterocycles. The number of primary amides is 1. The molecule has 2 rings (SSSR count). The zero-order valence-corrected chi connectivity index (χ0v) is 10.7. The van der Waals surface area contributed by atoms with Crippen molar-refractivity contribution in [3.63, 3.8) is 0 Å². The van der Waals surface area contributed by atoms with E-state index in [1.807, 2.05) is 0 Å². The van der Waals surface area contributed by atoms with Crippen LogP contribution in [0.25, 0.3) is 0 Å².